The van der Waals surface area contributed by atoms with E-state index in [0.29, 0.717) is 15.8 Å². The zero-order valence-corrected chi connectivity index (χ0v) is 14.8. The Labute approximate surface area is 156 Å². The number of benzene rings is 1. The molecule has 1 aromatic heterocycles. The minimum absolute atomic E-state index is 0.00808. The number of aromatic amines is 1. The Morgan fingerprint density at radius 3 is 2.63 bits per heavy atom. The fraction of sp³-hybridized carbons (Fsp3) is 0.176. The van der Waals surface area contributed by atoms with Crippen molar-refractivity contribution in [3.8, 4) is 17.3 Å². The third kappa shape index (κ3) is 3.58. The topological polar surface area (TPSA) is 133 Å². The predicted molar refractivity (Wildman–Crippen MR) is 93.3 cm³/mol. The number of nitrogens with one attached hydrogen (secondary N) is 1. The van der Waals surface area contributed by atoms with E-state index in [-0.39, 0.29) is 29.7 Å². The molecule has 1 fully saturated rings. The maximum atomic E-state index is 12.3. The Bertz CT molecular complexity index is 1040. The molecule has 136 valence electrons. The number of H-pyrrole nitrogens is 1. The second-order valence-electron chi connectivity index (χ2n) is 5.45. The number of hydrogen-bond donors (Lipinski definition) is 1. The van der Waals surface area contributed by atoms with E-state index in [1.807, 2.05) is 0 Å². The van der Waals surface area contributed by atoms with Crippen LogP contribution >= 0.6 is 11.8 Å². The lowest BCUT2D eigenvalue weighted by atomic mass is 10.0. The van der Waals surface area contributed by atoms with E-state index in [2.05, 4.69) is 9.97 Å². The Morgan fingerprint density at radius 1 is 1.30 bits per heavy atom. The van der Waals surface area contributed by atoms with Crippen molar-refractivity contribution in [2.24, 2.45) is 0 Å². The fourth-order valence-electron chi connectivity index (χ4n) is 2.45. The lowest BCUT2D eigenvalue weighted by Gasteiger charge is -2.13. The summed E-state index contributed by atoms with van der Waals surface area (Å²) in [7, 11) is 0. The van der Waals surface area contributed by atoms with E-state index in [1.54, 1.807) is 18.4 Å². The maximum absolute atomic E-state index is 12.3. The van der Waals surface area contributed by atoms with Gasteiger partial charge in [0.1, 0.15) is 11.6 Å². The van der Waals surface area contributed by atoms with E-state index in [9.17, 15) is 24.4 Å². The van der Waals surface area contributed by atoms with Crippen molar-refractivity contribution in [1.82, 2.24) is 15.0 Å². The van der Waals surface area contributed by atoms with E-state index >= 15 is 0 Å². The Balaban J connectivity index is 1.97. The lowest BCUT2D eigenvalue weighted by Crippen LogP contribution is -2.32. The quantitative estimate of drug-likeness (QED) is 0.473. The number of carbonyl (C=O) groups excluding carboxylic acids is 3. The van der Waals surface area contributed by atoms with Crippen molar-refractivity contribution >= 4 is 29.5 Å². The first-order valence-corrected chi connectivity index (χ1v) is 8.94. The van der Waals surface area contributed by atoms with Crippen LogP contribution in [-0.4, -0.2) is 39.1 Å². The van der Waals surface area contributed by atoms with Gasteiger partial charge in [-0.15, -0.1) is 5.06 Å². The molecule has 2 heterocycles. The molecule has 2 aromatic rings. The molecule has 0 spiro atoms. The minimum Gasteiger partial charge on any atom is -0.325 e. The highest BCUT2D eigenvalue weighted by molar-refractivity contribution is 7.98. The first-order chi connectivity index (χ1) is 12.9. The van der Waals surface area contributed by atoms with E-state index < -0.39 is 23.3 Å². The van der Waals surface area contributed by atoms with Gasteiger partial charge < -0.3 is 9.82 Å². The van der Waals surface area contributed by atoms with Crippen LogP contribution in [0.4, 0.5) is 0 Å². The monoisotopic (exact) mass is 384 g/mol. The molecule has 0 unspecified atom stereocenters. The molecule has 0 atom stereocenters. The summed E-state index contributed by atoms with van der Waals surface area (Å²) in [6, 6.07) is 7.70. The Hall–Kier alpha value is -3.45. The average molecular weight is 384 g/mol. The summed E-state index contributed by atoms with van der Waals surface area (Å²) in [5.74, 6) is -2.08. The van der Waals surface area contributed by atoms with Crippen LogP contribution in [-0.2, 0) is 14.4 Å². The van der Waals surface area contributed by atoms with Gasteiger partial charge in [-0.25, -0.2) is 9.78 Å². The molecule has 0 bridgehead atoms. The third-order valence-electron chi connectivity index (χ3n) is 3.75. The third-order valence-corrected chi connectivity index (χ3v) is 4.33. The van der Waals surface area contributed by atoms with Gasteiger partial charge in [0.05, 0.1) is 11.3 Å². The molecule has 0 radical (unpaired) electrons. The van der Waals surface area contributed by atoms with E-state index in [0.717, 1.165) is 0 Å². The summed E-state index contributed by atoms with van der Waals surface area (Å²) in [5, 5.41) is 10.0. The number of nitrogens with zero attached hydrogens (tertiary/aromatic N) is 3. The van der Waals surface area contributed by atoms with Crippen molar-refractivity contribution in [2.75, 3.05) is 6.26 Å². The first kappa shape index (κ1) is 18.3. The van der Waals surface area contributed by atoms with Crippen molar-refractivity contribution in [2.45, 2.75) is 18.0 Å². The molecular formula is C17H12N4O5S. The van der Waals surface area contributed by atoms with Crippen LogP contribution in [0.2, 0.25) is 0 Å². The number of hydrogen-bond acceptors (Lipinski definition) is 8. The first-order valence-electron chi connectivity index (χ1n) is 7.71. The standard InChI is InChI=1S/C17H12N4O5S/c1-27-17-19-14(11(8-18)15(24)20-17)9-3-2-4-10(7-9)16(25)26-21-12(22)5-6-13(21)23/h2-4,7H,5-6H2,1H3,(H,19,20,24). The number of carbonyl (C=O) groups is 3. The molecule has 27 heavy (non-hydrogen) atoms. The van der Waals surface area contributed by atoms with Gasteiger partial charge in [0.2, 0.25) is 0 Å². The molecule has 3 rings (SSSR count). The molecule has 10 heteroatoms. The largest absolute Gasteiger partial charge is 0.363 e. The SMILES string of the molecule is CSc1nc(-c2cccc(C(=O)ON3C(=O)CCC3=O)c2)c(C#N)c(=O)[nH]1. The molecule has 2 amide bonds. The summed E-state index contributed by atoms with van der Waals surface area (Å²) in [4.78, 5) is 59.1. The number of hydroxylamine groups is 2. The van der Waals surface area contributed by atoms with E-state index in [1.165, 1.54) is 30.0 Å². The second kappa shape index (κ2) is 7.43. The zero-order chi connectivity index (χ0) is 19.6. The molecule has 9 nitrogen and oxygen atoms in total. The minimum atomic E-state index is -0.908. The molecule has 1 N–H and O–H groups in total. The van der Waals surface area contributed by atoms with Crippen LogP contribution in [0.25, 0.3) is 11.3 Å². The summed E-state index contributed by atoms with van der Waals surface area (Å²) in [6.45, 7) is 0. The predicted octanol–water partition coefficient (Wildman–Crippen LogP) is 1.25. The molecule has 1 aromatic carbocycles. The van der Waals surface area contributed by atoms with Gasteiger partial charge in [-0.2, -0.15) is 5.26 Å². The highest BCUT2D eigenvalue weighted by atomic mass is 32.2. The zero-order valence-electron chi connectivity index (χ0n) is 14.0. The summed E-state index contributed by atoms with van der Waals surface area (Å²) in [5.41, 5.74) is -0.275. The Kier molecular flexibility index (Phi) is 5.05. The average Bonchev–Trinajstić information content (AvgIpc) is 2.99. The van der Waals surface area contributed by atoms with Gasteiger partial charge >= 0.3 is 5.97 Å². The van der Waals surface area contributed by atoms with Gasteiger partial charge in [-0.3, -0.25) is 14.4 Å². The van der Waals surface area contributed by atoms with Gasteiger partial charge in [0, 0.05) is 18.4 Å². The molecule has 0 aliphatic carbocycles. The number of aromatic nitrogens is 2. The fourth-order valence-corrected chi connectivity index (χ4v) is 2.83. The van der Waals surface area contributed by atoms with Crippen molar-refractivity contribution in [3.05, 3.63) is 45.7 Å². The number of nitriles is 1. The van der Waals surface area contributed by atoms with E-state index in [4.69, 9.17) is 4.84 Å². The molecule has 0 saturated carbocycles. The normalized spacial score (nSPS) is 13.6. The number of amides is 2. The lowest BCUT2D eigenvalue weighted by molar-refractivity contribution is -0.172. The van der Waals surface area contributed by atoms with Crippen LogP contribution in [0.15, 0.2) is 34.2 Å². The summed E-state index contributed by atoms with van der Waals surface area (Å²) in [6.07, 6.45) is 1.70. The number of imide groups is 1. The molecule has 1 aliphatic rings. The van der Waals surface area contributed by atoms with Gasteiger partial charge in [-0.05, 0) is 18.4 Å². The summed E-state index contributed by atoms with van der Waals surface area (Å²) < 4.78 is 0. The van der Waals surface area contributed by atoms with Gasteiger partial charge in [0.25, 0.3) is 17.4 Å². The summed E-state index contributed by atoms with van der Waals surface area (Å²) >= 11 is 1.19. The molecule has 1 saturated heterocycles. The maximum Gasteiger partial charge on any atom is 0.363 e. The number of rotatable bonds is 4. The number of thioether (sulfide) groups is 1. The van der Waals surface area contributed by atoms with Gasteiger partial charge in [-0.1, -0.05) is 23.9 Å². The van der Waals surface area contributed by atoms with Crippen LogP contribution in [0.1, 0.15) is 28.8 Å². The van der Waals surface area contributed by atoms with Crippen molar-refractivity contribution < 1.29 is 19.2 Å². The van der Waals surface area contributed by atoms with Gasteiger partial charge in [0.15, 0.2) is 5.16 Å². The van der Waals surface area contributed by atoms with Crippen molar-refractivity contribution in [1.29, 1.82) is 5.26 Å². The van der Waals surface area contributed by atoms with Crippen LogP contribution in [0.5, 0.6) is 0 Å². The molecule has 1 aliphatic heterocycles. The highest BCUT2D eigenvalue weighted by Gasteiger charge is 2.33. The highest BCUT2D eigenvalue weighted by Crippen LogP contribution is 2.23. The second-order valence-corrected chi connectivity index (χ2v) is 6.25. The Morgan fingerprint density at radius 2 is 2.00 bits per heavy atom. The van der Waals surface area contributed by atoms with Crippen LogP contribution in [0.3, 0.4) is 0 Å². The van der Waals surface area contributed by atoms with Crippen LogP contribution < -0.4 is 5.56 Å². The molecular weight excluding hydrogens is 372 g/mol. The van der Waals surface area contributed by atoms with Crippen molar-refractivity contribution in [3.63, 3.8) is 0 Å². The smallest absolute Gasteiger partial charge is 0.325 e. The van der Waals surface area contributed by atoms with Crippen LogP contribution in [0, 0.1) is 11.3 Å².